The molecule has 3 unspecified atom stereocenters. The Labute approximate surface area is 140 Å². The van der Waals surface area contributed by atoms with E-state index >= 15 is 0 Å². The number of carbonyl (C=O) groups excluding carboxylic acids is 3. The van der Waals surface area contributed by atoms with E-state index in [1.165, 1.54) is 6.92 Å². The molecule has 1 heterocycles. The Hall–Kier alpha value is -2.16. The van der Waals surface area contributed by atoms with Gasteiger partial charge in [0.25, 0.3) is 0 Å². The van der Waals surface area contributed by atoms with Gasteiger partial charge in [0.15, 0.2) is 0 Å². The van der Waals surface area contributed by atoms with Crippen LogP contribution in [0.2, 0.25) is 0 Å². The molecule has 0 aromatic carbocycles. The molecule has 24 heavy (non-hydrogen) atoms. The highest BCUT2D eigenvalue weighted by Gasteiger charge is 2.29. The van der Waals surface area contributed by atoms with Crippen molar-refractivity contribution in [3.05, 3.63) is 0 Å². The van der Waals surface area contributed by atoms with Crippen molar-refractivity contribution in [3.63, 3.8) is 0 Å². The summed E-state index contributed by atoms with van der Waals surface area (Å²) in [5.74, 6) is -2.63. The fraction of sp³-hybridized carbons (Fsp3) is 0.733. The van der Waals surface area contributed by atoms with Gasteiger partial charge in [-0.15, -0.1) is 0 Å². The first-order valence-corrected chi connectivity index (χ1v) is 8.06. The van der Waals surface area contributed by atoms with Gasteiger partial charge < -0.3 is 26.4 Å². The number of aliphatic carboxylic acids is 1. The minimum Gasteiger partial charge on any atom is -0.480 e. The van der Waals surface area contributed by atoms with Gasteiger partial charge in [0, 0.05) is 0 Å². The van der Waals surface area contributed by atoms with Crippen LogP contribution in [0.4, 0.5) is 0 Å². The van der Waals surface area contributed by atoms with Crippen LogP contribution in [0.15, 0.2) is 0 Å². The van der Waals surface area contributed by atoms with Gasteiger partial charge in [-0.1, -0.05) is 13.8 Å². The lowest BCUT2D eigenvalue weighted by Crippen LogP contribution is -2.55. The number of nitrogens with one attached hydrogen (secondary N) is 4. The Balaban J connectivity index is 2.49. The van der Waals surface area contributed by atoms with Crippen molar-refractivity contribution < 1.29 is 24.3 Å². The molecule has 9 heteroatoms. The zero-order chi connectivity index (χ0) is 18.3. The number of amides is 3. The van der Waals surface area contributed by atoms with E-state index in [2.05, 4.69) is 21.3 Å². The third kappa shape index (κ3) is 6.15. The molecule has 5 N–H and O–H groups in total. The Morgan fingerprint density at radius 2 is 1.83 bits per heavy atom. The Kier molecular flexibility index (Phi) is 7.63. The molecule has 0 aromatic heterocycles. The summed E-state index contributed by atoms with van der Waals surface area (Å²) >= 11 is 0. The standard InChI is InChI=1S/C15H26N4O5/c1-8(2)12(19-13(21)10-5-4-6-16-10)14(22)17-7-11(20)18-9(3)15(23)24/h8-10,12,16H,4-7H2,1-3H3,(H,17,22)(H,18,20)(H,19,21)(H,23,24). The monoisotopic (exact) mass is 342 g/mol. The zero-order valence-corrected chi connectivity index (χ0v) is 14.2. The Bertz CT molecular complexity index is 488. The molecule has 1 rings (SSSR count). The van der Waals surface area contributed by atoms with E-state index in [0.717, 1.165) is 19.4 Å². The summed E-state index contributed by atoms with van der Waals surface area (Å²) < 4.78 is 0. The highest BCUT2D eigenvalue weighted by Crippen LogP contribution is 2.07. The predicted molar refractivity (Wildman–Crippen MR) is 86.0 cm³/mol. The molecule has 0 spiro atoms. The van der Waals surface area contributed by atoms with Crippen molar-refractivity contribution in [3.8, 4) is 0 Å². The molecule has 3 amide bonds. The van der Waals surface area contributed by atoms with Crippen LogP contribution in [0.25, 0.3) is 0 Å². The first-order chi connectivity index (χ1) is 11.2. The van der Waals surface area contributed by atoms with Crippen LogP contribution < -0.4 is 21.3 Å². The van der Waals surface area contributed by atoms with Gasteiger partial charge in [-0.25, -0.2) is 0 Å². The summed E-state index contributed by atoms with van der Waals surface area (Å²) in [6.45, 7) is 5.34. The molecule has 136 valence electrons. The predicted octanol–water partition coefficient (Wildman–Crippen LogP) is -1.42. The van der Waals surface area contributed by atoms with Crippen LogP contribution in [-0.2, 0) is 19.2 Å². The smallest absolute Gasteiger partial charge is 0.325 e. The summed E-state index contributed by atoms with van der Waals surface area (Å²) in [7, 11) is 0. The fourth-order valence-corrected chi connectivity index (χ4v) is 2.33. The number of rotatable bonds is 8. The first-order valence-electron chi connectivity index (χ1n) is 8.06. The van der Waals surface area contributed by atoms with E-state index in [9.17, 15) is 19.2 Å². The molecule has 0 radical (unpaired) electrons. The van der Waals surface area contributed by atoms with Crippen molar-refractivity contribution >= 4 is 23.7 Å². The summed E-state index contributed by atoms with van der Waals surface area (Å²) in [6, 6.07) is -2.09. The molecule has 0 saturated carbocycles. The normalized spacial score (nSPS) is 19.4. The summed E-state index contributed by atoms with van der Waals surface area (Å²) in [4.78, 5) is 46.6. The second-order valence-corrected chi connectivity index (χ2v) is 6.22. The fourth-order valence-electron chi connectivity index (χ4n) is 2.33. The topological polar surface area (TPSA) is 137 Å². The number of carboxylic acid groups (broad SMARTS) is 1. The molecule has 1 aliphatic rings. The SMILES string of the molecule is CC(NC(=O)CNC(=O)C(NC(=O)C1CCCN1)C(C)C)C(=O)O. The van der Waals surface area contributed by atoms with E-state index in [1.54, 1.807) is 13.8 Å². The molecular formula is C15H26N4O5. The minimum absolute atomic E-state index is 0.156. The van der Waals surface area contributed by atoms with Crippen LogP contribution in [0, 0.1) is 5.92 Å². The van der Waals surface area contributed by atoms with E-state index in [-0.39, 0.29) is 24.4 Å². The Morgan fingerprint density at radius 3 is 2.33 bits per heavy atom. The maximum absolute atomic E-state index is 12.2. The third-order valence-corrected chi connectivity index (χ3v) is 3.79. The first kappa shape index (κ1) is 19.9. The number of hydrogen-bond donors (Lipinski definition) is 5. The Morgan fingerprint density at radius 1 is 1.17 bits per heavy atom. The van der Waals surface area contributed by atoms with Crippen molar-refractivity contribution in [1.29, 1.82) is 0 Å². The van der Waals surface area contributed by atoms with Crippen LogP contribution in [0.5, 0.6) is 0 Å². The van der Waals surface area contributed by atoms with Gasteiger partial charge in [0.05, 0.1) is 12.6 Å². The van der Waals surface area contributed by atoms with Crippen molar-refractivity contribution in [2.75, 3.05) is 13.1 Å². The highest BCUT2D eigenvalue weighted by atomic mass is 16.4. The average Bonchev–Trinajstić information content (AvgIpc) is 3.03. The lowest BCUT2D eigenvalue weighted by molar-refractivity contribution is -0.141. The summed E-state index contributed by atoms with van der Waals surface area (Å²) in [5.41, 5.74) is 0. The maximum Gasteiger partial charge on any atom is 0.325 e. The van der Waals surface area contributed by atoms with Crippen LogP contribution >= 0.6 is 0 Å². The average molecular weight is 342 g/mol. The van der Waals surface area contributed by atoms with Gasteiger partial charge in [-0.2, -0.15) is 0 Å². The molecule has 1 saturated heterocycles. The van der Waals surface area contributed by atoms with Crippen molar-refractivity contribution in [2.45, 2.75) is 51.7 Å². The molecule has 0 bridgehead atoms. The molecule has 0 aliphatic carbocycles. The van der Waals surface area contributed by atoms with Crippen molar-refractivity contribution in [1.82, 2.24) is 21.3 Å². The third-order valence-electron chi connectivity index (χ3n) is 3.79. The van der Waals surface area contributed by atoms with Gasteiger partial charge in [-0.3, -0.25) is 19.2 Å². The van der Waals surface area contributed by atoms with Crippen LogP contribution in [0.1, 0.15) is 33.6 Å². The highest BCUT2D eigenvalue weighted by molar-refractivity contribution is 5.92. The number of hydrogen-bond acceptors (Lipinski definition) is 5. The summed E-state index contributed by atoms with van der Waals surface area (Å²) in [6.07, 6.45) is 1.65. The minimum atomic E-state index is -1.16. The molecule has 3 atom stereocenters. The van der Waals surface area contributed by atoms with Gasteiger partial charge in [0.1, 0.15) is 12.1 Å². The lowest BCUT2D eigenvalue weighted by Gasteiger charge is -2.23. The van der Waals surface area contributed by atoms with E-state index in [4.69, 9.17) is 5.11 Å². The molecular weight excluding hydrogens is 316 g/mol. The summed E-state index contributed by atoms with van der Waals surface area (Å²) in [5, 5.41) is 19.1. The quantitative estimate of drug-likeness (QED) is 0.367. The van der Waals surface area contributed by atoms with E-state index in [1.807, 2.05) is 0 Å². The van der Waals surface area contributed by atoms with Crippen LogP contribution in [0.3, 0.4) is 0 Å². The molecule has 9 nitrogen and oxygen atoms in total. The van der Waals surface area contributed by atoms with Gasteiger partial charge >= 0.3 is 5.97 Å². The zero-order valence-electron chi connectivity index (χ0n) is 14.2. The van der Waals surface area contributed by atoms with E-state index in [0.29, 0.717) is 0 Å². The molecule has 1 fully saturated rings. The lowest BCUT2D eigenvalue weighted by atomic mass is 10.0. The largest absolute Gasteiger partial charge is 0.480 e. The maximum atomic E-state index is 12.2. The second kappa shape index (κ2) is 9.21. The van der Waals surface area contributed by atoms with Crippen LogP contribution in [-0.4, -0.2) is 60.0 Å². The molecule has 1 aliphatic heterocycles. The van der Waals surface area contributed by atoms with E-state index < -0.39 is 29.9 Å². The van der Waals surface area contributed by atoms with Gasteiger partial charge in [0.2, 0.25) is 17.7 Å². The van der Waals surface area contributed by atoms with Gasteiger partial charge in [-0.05, 0) is 32.2 Å². The second-order valence-electron chi connectivity index (χ2n) is 6.22. The van der Waals surface area contributed by atoms with Crippen molar-refractivity contribution in [2.24, 2.45) is 5.92 Å². The molecule has 0 aromatic rings. The number of carboxylic acids is 1. The number of carbonyl (C=O) groups is 4.